The van der Waals surface area contributed by atoms with Gasteiger partial charge in [0, 0.05) is 19.0 Å². The molecule has 0 unspecified atom stereocenters. The van der Waals surface area contributed by atoms with E-state index in [-0.39, 0.29) is 29.8 Å². The number of nitrogens with zero attached hydrogens (tertiary/aromatic N) is 2. The molecule has 3 aliphatic rings. The van der Waals surface area contributed by atoms with Crippen LogP contribution in [0.25, 0.3) is 0 Å². The number of carbonyl (C=O) groups excluding carboxylic acids is 2. The van der Waals surface area contributed by atoms with E-state index in [2.05, 4.69) is 25.1 Å². The summed E-state index contributed by atoms with van der Waals surface area (Å²) in [7, 11) is 0. The number of amides is 2. The lowest BCUT2D eigenvalue weighted by Gasteiger charge is -2.38. The molecule has 0 spiro atoms. The molecule has 2 aliphatic heterocycles. The van der Waals surface area contributed by atoms with Gasteiger partial charge >= 0.3 is 0 Å². The highest BCUT2D eigenvalue weighted by atomic mass is 16.2. The minimum atomic E-state index is -0.226. The molecule has 0 bridgehead atoms. The van der Waals surface area contributed by atoms with Gasteiger partial charge in [-0.1, -0.05) is 24.3 Å². The molecule has 0 N–H and O–H groups in total. The zero-order valence-corrected chi connectivity index (χ0v) is 13.7. The summed E-state index contributed by atoms with van der Waals surface area (Å²) in [6.45, 7) is 3.63. The van der Waals surface area contributed by atoms with Crippen molar-refractivity contribution in [3.63, 3.8) is 0 Å². The van der Waals surface area contributed by atoms with Crippen LogP contribution in [0.4, 0.5) is 0 Å². The lowest BCUT2D eigenvalue weighted by atomic mass is 9.93. The zero-order valence-electron chi connectivity index (χ0n) is 13.7. The quantitative estimate of drug-likeness (QED) is 0.842. The normalized spacial score (nSPS) is 27.0. The topological polar surface area (TPSA) is 40.6 Å². The van der Waals surface area contributed by atoms with Crippen molar-refractivity contribution in [2.45, 2.75) is 51.1 Å². The molecule has 1 aliphatic carbocycles. The van der Waals surface area contributed by atoms with E-state index < -0.39 is 0 Å². The molecule has 2 atom stereocenters. The van der Waals surface area contributed by atoms with Gasteiger partial charge in [-0.3, -0.25) is 9.59 Å². The SMILES string of the molecule is C[C@H]1c2ccccc2CCN1C(=O)[C@H]1CCCN1C(=O)C1CC1. The third-order valence-corrected chi connectivity index (χ3v) is 5.63. The number of hydrogen-bond donors (Lipinski definition) is 0. The molecule has 2 heterocycles. The molecule has 1 aromatic rings. The summed E-state index contributed by atoms with van der Waals surface area (Å²) < 4.78 is 0. The predicted octanol–water partition coefficient (Wildman–Crippen LogP) is 2.53. The summed E-state index contributed by atoms with van der Waals surface area (Å²) >= 11 is 0. The molecule has 1 aromatic carbocycles. The Balaban J connectivity index is 1.53. The second-order valence-corrected chi connectivity index (χ2v) is 7.12. The van der Waals surface area contributed by atoms with Crippen molar-refractivity contribution in [2.75, 3.05) is 13.1 Å². The van der Waals surface area contributed by atoms with Crippen molar-refractivity contribution in [2.24, 2.45) is 5.92 Å². The Kier molecular flexibility index (Phi) is 3.63. The van der Waals surface area contributed by atoms with E-state index in [4.69, 9.17) is 0 Å². The number of rotatable bonds is 2. The molecule has 2 amide bonds. The van der Waals surface area contributed by atoms with E-state index in [9.17, 15) is 9.59 Å². The first-order valence-corrected chi connectivity index (χ1v) is 8.85. The smallest absolute Gasteiger partial charge is 0.245 e. The largest absolute Gasteiger partial charge is 0.334 e. The van der Waals surface area contributed by atoms with Crippen LogP contribution in [0, 0.1) is 5.92 Å². The van der Waals surface area contributed by atoms with Crippen LogP contribution in [0.2, 0.25) is 0 Å². The maximum Gasteiger partial charge on any atom is 0.245 e. The van der Waals surface area contributed by atoms with Gasteiger partial charge in [-0.25, -0.2) is 0 Å². The maximum absolute atomic E-state index is 13.1. The Labute approximate surface area is 137 Å². The van der Waals surface area contributed by atoms with Gasteiger partial charge in [-0.15, -0.1) is 0 Å². The first kappa shape index (κ1) is 14.7. The van der Waals surface area contributed by atoms with E-state index in [1.54, 1.807) is 0 Å². The van der Waals surface area contributed by atoms with Crippen LogP contribution in [-0.4, -0.2) is 40.7 Å². The highest BCUT2D eigenvalue weighted by Gasteiger charge is 2.43. The summed E-state index contributed by atoms with van der Waals surface area (Å²) in [4.78, 5) is 29.4. The fraction of sp³-hybridized carbons (Fsp3) is 0.579. The highest BCUT2D eigenvalue weighted by Crippen LogP contribution is 2.35. The van der Waals surface area contributed by atoms with Crippen LogP contribution in [0.5, 0.6) is 0 Å². The fourth-order valence-electron chi connectivity index (χ4n) is 4.12. The third kappa shape index (κ3) is 2.54. The lowest BCUT2D eigenvalue weighted by Crippen LogP contribution is -2.50. The standard InChI is InChI=1S/C19H24N2O2/c1-13-16-6-3-2-5-14(16)10-12-20(13)19(23)17-7-4-11-21(17)18(22)15-8-9-15/h2-3,5-6,13,15,17H,4,7-12H2,1H3/t13-,17+/m0/s1. The summed E-state index contributed by atoms with van der Waals surface area (Å²) in [5.41, 5.74) is 2.60. The van der Waals surface area contributed by atoms with E-state index >= 15 is 0 Å². The molecule has 4 rings (SSSR count). The Morgan fingerprint density at radius 2 is 1.78 bits per heavy atom. The molecule has 0 radical (unpaired) electrons. The molecular weight excluding hydrogens is 288 g/mol. The maximum atomic E-state index is 13.1. The molecule has 2 fully saturated rings. The van der Waals surface area contributed by atoms with E-state index in [1.165, 1.54) is 11.1 Å². The van der Waals surface area contributed by atoms with Crippen molar-refractivity contribution in [1.82, 2.24) is 9.80 Å². The van der Waals surface area contributed by atoms with Crippen LogP contribution in [-0.2, 0) is 16.0 Å². The first-order chi connectivity index (χ1) is 11.2. The van der Waals surface area contributed by atoms with E-state index in [1.807, 2.05) is 15.9 Å². The molecule has 1 saturated heterocycles. The van der Waals surface area contributed by atoms with Crippen molar-refractivity contribution in [3.05, 3.63) is 35.4 Å². The van der Waals surface area contributed by atoms with Crippen LogP contribution in [0.1, 0.15) is 49.8 Å². The van der Waals surface area contributed by atoms with Gasteiger partial charge in [0.05, 0.1) is 6.04 Å². The number of benzene rings is 1. The number of likely N-dealkylation sites (tertiary alicyclic amines) is 1. The third-order valence-electron chi connectivity index (χ3n) is 5.63. The van der Waals surface area contributed by atoms with E-state index in [0.717, 1.165) is 45.2 Å². The van der Waals surface area contributed by atoms with Crippen molar-refractivity contribution in [1.29, 1.82) is 0 Å². The minimum Gasteiger partial charge on any atom is -0.334 e. The number of fused-ring (bicyclic) bond motifs is 1. The van der Waals surface area contributed by atoms with Crippen molar-refractivity contribution < 1.29 is 9.59 Å². The van der Waals surface area contributed by atoms with Crippen molar-refractivity contribution >= 4 is 11.8 Å². The monoisotopic (exact) mass is 312 g/mol. The molecule has 122 valence electrons. The average molecular weight is 312 g/mol. The van der Waals surface area contributed by atoms with Crippen LogP contribution < -0.4 is 0 Å². The Morgan fingerprint density at radius 1 is 1.00 bits per heavy atom. The summed E-state index contributed by atoms with van der Waals surface area (Å²) in [5, 5.41) is 0. The first-order valence-electron chi connectivity index (χ1n) is 8.85. The Hall–Kier alpha value is -1.84. The number of hydrogen-bond acceptors (Lipinski definition) is 2. The van der Waals surface area contributed by atoms with Gasteiger partial charge in [0.15, 0.2) is 0 Å². The van der Waals surface area contributed by atoms with Crippen LogP contribution >= 0.6 is 0 Å². The zero-order chi connectivity index (χ0) is 16.0. The molecule has 0 aromatic heterocycles. The Bertz CT molecular complexity index is 638. The van der Waals surface area contributed by atoms with E-state index in [0.29, 0.717) is 0 Å². The minimum absolute atomic E-state index is 0.103. The second-order valence-electron chi connectivity index (χ2n) is 7.12. The average Bonchev–Trinajstić information content (AvgIpc) is 3.31. The molecule has 4 nitrogen and oxygen atoms in total. The molecule has 4 heteroatoms. The summed E-state index contributed by atoms with van der Waals surface area (Å²) in [5.74, 6) is 0.562. The van der Waals surface area contributed by atoms with Gasteiger partial charge in [0.25, 0.3) is 0 Å². The van der Waals surface area contributed by atoms with Crippen LogP contribution in [0.3, 0.4) is 0 Å². The van der Waals surface area contributed by atoms with Gasteiger partial charge in [-0.05, 0) is 50.2 Å². The van der Waals surface area contributed by atoms with Crippen molar-refractivity contribution in [3.8, 4) is 0 Å². The molecule has 1 saturated carbocycles. The summed E-state index contributed by atoms with van der Waals surface area (Å²) in [6.07, 6.45) is 4.69. The van der Waals surface area contributed by atoms with Crippen LogP contribution in [0.15, 0.2) is 24.3 Å². The second kappa shape index (κ2) is 5.66. The lowest BCUT2D eigenvalue weighted by molar-refractivity contribution is -0.146. The van der Waals surface area contributed by atoms with Gasteiger partial charge in [0.1, 0.15) is 6.04 Å². The number of carbonyl (C=O) groups is 2. The summed E-state index contributed by atoms with van der Waals surface area (Å²) in [6, 6.07) is 8.27. The predicted molar refractivity (Wildman–Crippen MR) is 87.7 cm³/mol. The molecule has 23 heavy (non-hydrogen) atoms. The van der Waals surface area contributed by atoms with Gasteiger partial charge < -0.3 is 9.80 Å². The highest BCUT2D eigenvalue weighted by molar-refractivity contribution is 5.90. The Morgan fingerprint density at radius 3 is 2.57 bits per heavy atom. The fourth-order valence-corrected chi connectivity index (χ4v) is 4.12. The molecular formula is C19H24N2O2. The van der Waals surface area contributed by atoms with Gasteiger partial charge in [-0.2, -0.15) is 0 Å². The van der Waals surface area contributed by atoms with Gasteiger partial charge in [0.2, 0.25) is 11.8 Å².